The Morgan fingerprint density at radius 3 is 2.95 bits per heavy atom. The fraction of sp³-hybridized carbons (Fsp3) is 0.625. The minimum Gasteiger partial charge on any atom is -0.486 e. The molecule has 2 aliphatic heterocycles. The van der Waals surface area contributed by atoms with Crippen LogP contribution in [0.4, 0.5) is 0 Å². The van der Waals surface area contributed by atoms with Gasteiger partial charge in [-0.2, -0.15) is 0 Å². The van der Waals surface area contributed by atoms with Gasteiger partial charge in [-0.25, -0.2) is 0 Å². The summed E-state index contributed by atoms with van der Waals surface area (Å²) in [5.41, 5.74) is 0.884. The lowest BCUT2D eigenvalue weighted by Gasteiger charge is -2.23. The Kier molecular flexibility index (Phi) is 4.63. The van der Waals surface area contributed by atoms with Gasteiger partial charge in [-0.1, -0.05) is 6.07 Å². The molecule has 2 atom stereocenters. The predicted molar refractivity (Wildman–Crippen MR) is 78.8 cm³/mol. The first-order valence-electron chi connectivity index (χ1n) is 7.55. The summed E-state index contributed by atoms with van der Waals surface area (Å²) in [6, 6.07) is 5.69. The Morgan fingerprint density at radius 1 is 1.33 bits per heavy atom. The quantitative estimate of drug-likeness (QED) is 0.891. The van der Waals surface area contributed by atoms with Gasteiger partial charge >= 0.3 is 0 Å². The maximum Gasteiger partial charge on any atom is 0.161 e. The monoisotopic (exact) mass is 293 g/mol. The predicted octanol–water partition coefficient (Wildman–Crippen LogP) is 1.46. The van der Waals surface area contributed by atoms with Crippen molar-refractivity contribution in [1.82, 2.24) is 4.90 Å². The minimum atomic E-state index is -0.498. The number of fused-ring (bicyclic) bond motifs is 1. The maximum absolute atomic E-state index is 10.4. The Morgan fingerprint density at radius 2 is 2.14 bits per heavy atom. The Labute approximate surface area is 125 Å². The minimum absolute atomic E-state index is 0.498. The number of rotatable bonds is 5. The molecule has 21 heavy (non-hydrogen) atoms. The lowest BCUT2D eigenvalue weighted by molar-refractivity contribution is 0.114. The number of nitrogens with zero attached hydrogens (tertiary/aromatic N) is 1. The highest BCUT2D eigenvalue weighted by Gasteiger charge is 2.25. The molecule has 1 fully saturated rings. The number of likely N-dealkylation sites (tertiary alicyclic amines) is 1. The van der Waals surface area contributed by atoms with E-state index in [1.807, 2.05) is 18.2 Å². The van der Waals surface area contributed by atoms with Gasteiger partial charge in [-0.15, -0.1) is 0 Å². The average Bonchev–Trinajstić information content (AvgIpc) is 2.94. The number of aliphatic hydroxyl groups is 1. The molecule has 0 aromatic heterocycles. The highest BCUT2D eigenvalue weighted by atomic mass is 16.6. The van der Waals surface area contributed by atoms with E-state index in [4.69, 9.17) is 14.2 Å². The SMILES string of the molecule is COCC1CCN(CC(O)c2ccc3c(c2)OCCO3)C1. The Bertz CT molecular complexity index is 479. The Balaban J connectivity index is 1.59. The standard InChI is InChI=1S/C16H23NO4/c1-19-11-12-4-5-17(9-12)10-14(18)13-2-3-15-16(8-13)21-7-6-20-15/h2-3,8,12,14,18H,4-7,9-11H2,1H3. The molecule has 0 saturated carbocycles. The van der Waals surface area contributed by atoms with E-state index in [0.717, 1.165) is 43.2 Å². The number of aliphatic hydroxyl groups excluding tert-OH is 1. The molecule has 0 amide bonds. The van der Waals surface area contributed by atoms with Gasteiger partial charge in [0.2, 0.25) is 0 Å². The van der Waals surface area contributed by atoms with Crippen LogP contribution in [0.1, 0.15) is 18.1 Å². The van der Waals surface area contributed by atoms with Crippen LogP contribution in [0.2, 0.25) is 0 Å². The molecule has 1 aromatic rings. The summed E-state index contributed by atoms with van der Waals surface area (Å²) in [6.07, 6.45) is 0.643. The summed E-state index contributed by atoms with van der Waals surface area (Å²) in [4.78, 5) is 2.30. The second-order valence-corrected chi connectivity index (χ2v) is 5.79. The van der Waals surface area contributed by atoms with Crippen molar-refractivity contribution in [2.24, 2.45) is 5.92 Å². The van der Waals surface area contributed by atoms with E-state index in [2.05, 4.69) is 4.90 Å². The molecule has 1 saturated heterocycles. The maximum atomic E-state index is 10.4. The van der Waals surface area contributed by atoms with E-state index in [1.165, 1.54) is 0 Å². The number of ether oxygens (including phenoxy) is 3. The summed E-state index contributed by atoms with van der Waals surface area (Å²) in [7, 11) is 1.74. The number of benzene rings is 1. The van der Waals surface area contributed by atoms with Crippen molar-refractivity contribution in [2.45, 2.75) is 12.5 Å². The largest absolute Gasteiger partial charge is 0.486 e. The molecule has 0 bridgehead atoms. The van der Waals surface area contributed by atoms with Crippen LogP contribution in [0.25, 0.3) is 0 Å². The van der Waals surface area contributed by atoms with E-state index >= 15 is 0 Å². The van der Waals surface area contributed by atoms with E-state index in [1.54, 1.807) is 7.11 Å². The van der Waals surface area contributed by atoms with Crippen LogP contribution in [-0.4, -0.2) is 56.6 Å². The molecule has 116 valence electrons. The van der Waals surface area contributed by atoms with Gasteiger partial charge in [0.25, 0.3) is 0 Å². The zero-order valence-corrected chi connectivity index (χ0v) is 12.5. The summed E-state index contributed by atoms with van der Waals surface area (Å²) in [5.74, 6) is 2.08. The lowest BCUT2D eigenvalue weighted by Crippen LogP contribution is -2.27. The topological polar surface area (TPSA) is 51.2 Å². The molecular formula is C16H23NO4. The van der Waals surface area contributed by atoms with E-state index in [9.17, 15) is 5.11 Å². The summed E-state index contributed by atoms with van der Waals surface area (Å²) < 4.78 is 16.3. The fourth-order valence-electron chi connectivity index (χ4n) is 3.07. The third-order valence-corrected chi connectivity index (χ3v) is 4.15. The van der Waals surface area contributed by atoms with Crippen LogP contribution < -0.4 is 9.47 Å². The van der Waals surface area contributed by atoms with Crippen molar-refractivity contribution in [2.75, 3.05) is 46.6 Å². The van der Waals surface area contributed by atoms with Gasteiger partial charge in [0.05, 0.1) is 12.7 Å². The van der Waals surface area contributed by atoms with Crippen LogP contribution >= 0.6 is 0 Å². The van der Waals surface area contributed by atoms with E-state index in [0.29, 0.717) is 25.7 Å². The van der Waals surface area contributed by atoms with Crippen LogP contribution in [0.5, 0.6) is 11.5 Å². The Hall–Kier alpha value is -1.30. The molecule has 0 spiro atoms. The lowest BCUT2D eigenvalue weighted by atomic mass is 10.1. The first-order chi connectivity index (χ1) is 10.3. The zero-order chi connectivity index (χ0) is 14.7. The van der Waals surface area contributed by atoms with Crippen molar-refractivity contribution >= 4 is 0 Å². The van der Waals surface area contributed by atoms with Gasteiger partial charge < -0.3 is 24.2 Å². The smallest absolute Gasteiger partial charge is 0.161 e. The van der Waals surface area contributed by atoms with Gasteiger partial charge in [0.15, 0.2) is 11.5 Å². The highest BCUT2D eigenvalue weighted by molar-refractivity contribution is 5.44. The molecule has 5 nitrogen and oxygen atoms in total. The second-order valence-electron chi connectivity index (χ2n) is 5.79. The summed E-state index contributed by atoms with van der Waals surface area (Å²) >= 11 is 0. The van der Waals surface area contributed by atoms with Crippen LogP contribution in [0.15, 0.2) is 18.2 Å². The normalized spacial score (nSPS) is 23.2. The molecule has 2 aliphatic rings. The molecule has 0 radical (unpaired) electrons. The van der Waals surface area contributed by atoms with Gasteiger partial charge in [-0.3, -0.25) is 0 Å². The highest BCUT2D eigenvalue weighted by Crippen LogP contribution is 2.33. The van der Waals surface area contributed by atoms with Crippen molar-refractivity contribution < 1.29 is 19.3 Å². The number of methoxy groups -OCH3 is 1. The van der Waals surface area contributed by atoms with E-state index in [-0.39, 0.29) is 0 Å². The number of β-amino-alcohol motifs (C(OH)–C–C–N with tert-alkyl or cyclic N) is 1. The molecular weight excluding hydrogens is 270 g/mol. The van der Waals surface area contributed by atoms with Crippen LogP contribution in [-0.2, 0) is 4.74 Å². The fourth-order valence-corrected chi connectivity index (χ4v) is 3.07. The average molecular weight is 293 g/mol. The molecule has 5 heteroatoms. The molecule has 2 heterocycles. The van der Waals surface area contributed by atoms with Crippen molar-refractivity contribution in [3.63, 3.8) is 0 Å². The molecule has 1 aromatic carbocycles. The van der Waals surface area contributed by atoms with Gasteiger partial charge in [0.1, 0.15) is 13.2 Å². The molecule has 3 rings (SSSR count). The van der Waals surface area contributed by atoms with Gasteiger partial charge in [0, 0.05) is 20.2 Å². The van der Waals surface area contributed by atoms with Crippen molar-refractivity contribution in [3.05, 3.63) is 23.8 Å². The summed E-state index contributed by atoms with van der Waals surface area (Å²) in [6.45, 7) is 4.63. The third-order valence-electron chi connectivity index (χ3n) is 4.15. The van der Waals surface area contributed by atoms with E-state index < -0.39 is 6.10 Å². The first kappa shape index (κ1) is 14.6. The van der Waals surface area contributed by atoms with Gasteiger partial charge in [-0.05, 0) is 36.6 Å². The first-order valence-corrected chi connectivity index (χ1v) is 7.55. The molecule has 2 unspecified atom stereocenters. The summed E-state index contributed by atoms with van der Waals surface area (Å²) in [5, 5.41) is 10.4. The zero-order valence-electron chi connectivity index (χ0n) is 12.5. The molecule has 0 aliphatic carbocycles. The number of hydrogen-bond donors (Lipinski definition) is 1. The molecule has 1 N–H and O–H groups in total. The number of hydrogen-bond acceptors (Lipinski definition) is 5. The van der Waals surface area contributed by atoms with Crippen molar-refractivity contribution in [3.8, 4) is 11.5 Å². The third kappa shape index (κ3) is 3.48. The van der Waals surface area contributed by atoms with Crippen LogP contribution in [0.3, 0.4) is 0 Å². The van der Waals surface area contributed by atoms with Crippen LogP contribution in [0, 0.1) is 5.92 Å². The second kappa shape index (κ2) is 6.64. The van der Waals surface area contributed by atoms with Crippen molar-refractivity contribution in [1.29, 1.82) is 0 Å².